The smallest absolute Gasteiger partial charge is 0.212 e. The SMILES string of the molecule is CC(NS(=O)(=O)CC1CCCCC1)C1CCNC1. The third-order valence-corrected chi connectivity index (χ3v) is 5.99. The van der Waals surface area contributed by atoms with E-state index in [0.717, 1.165) is 32.4 Å². The largest absolute Gasteiger partial charge is 0.316 e. The lowest BCUT2D eigenvalue weighted by Crippen LogP contribution is -2.41. The Kier molecular flexibility index (Phi) is 5.04. The van der Waals surface area contributed by atoms with E-state index in [4.69, 9.17) is 0 Å². The summed E-state index contributed by atoms with van der Waals surface area (Å²) in [4.78, 5) is 0. The summed E-state index contributed by atoms with van der Waals surface area (Å²) in [5, 5.41) is 3.29. The van der Waals surface area contributed by atoms with E-state index in [1.165, 1.54) is 19.3 Å². The summed E-state index contributed by atoms with van der Waals surface area (Å²) in [5.41, 5.74) is 0. The monoisotopic (exact) mass is 274 g/mol. The lowest BCUT2D eigenvalue weighted by Gasteiger charge is -2.24. The van der Waals surface area contributed by atoms with Crippen LogP contribution in [-0.2, 0) is 10.0 Å². The van der Waals surface area contributed by atoms with Gasteiger partial charge in [-0.2, -0.15) is 0 Å². The summed E-state index contributed by atoms with van der Waals surface area (Å²) in [6.45, 7) is 3.95. The molecule has 1 aliphatic heterocycles. The second kappa shape index (κ2) is 6.35. The quantitative estimate of drug-likeness (QED) is 0.798. The van der Waals surface area contributed by atoms with E-state index in [0.29, 0.717) is 17.6 Å². The van der Waals surface area contributed by atoms with E-state index < -0.39 is 10.0 Å². The third-order valence-electron chi connectivity index (χ3n) is 4.35. The second-order valence-corrected chi connectivity index (χ2v) is 7.74. The van der Waals surface area contributed by atoms with Crippen LogP contribution in [0.25, 0.3) is 0 Å². The molecule has 5 heteroatoms. The first-order valence-electron chi connectivity index (χ1n) is 7.27. The molecule has 1 heterocycles. The van der Waals surface area contributed by atoms with Crippen LogP contribution >= 0.6 is 0 Å². The van der Waals surface area contributed by atoms with Gasteiger partial charge in [0.15, 0.2) is 0 Å². The molecule has 2 fully saturated rings. The Morgan fingerprint density at radius 1 is 1.22 bits per heavy atom. The summed E-state index contributed by atoms with van der Waals surface area (Å²) in [7, 11) is -3.10. The van der Waals surface area contributed by atoms with Crippen LogP contribution in [0.5, 0.6) is 0 Å². The Labute approximate surface area is 111 Å². The third kappa shape index (κ3) is 4.21. The van der Waals surface area contributed by atoms with Gasteiger partial charge in [-0.1, -0.05) is 19.3 Å². The Morgan fingerprint density at radius 2 is 1.94 bits per heavy atom. The molecular weight excluding hydrogens is 248 g/mol. The highest BCUT2D eigenvalue weighted by Crippen LogP contribution is 2.25. The Bertz CT molecular complexity index is 344. The zero-order valence-corrected chi connectivity index (χ0v) is 12.1. The van der Waals surface area contributed by atoms with Crippen LogP contribution in [0.2, 0.25) is 0 Å². The average molecular weight is 274 g/mol. The average Bonchev–Trinajstić information content (AvgIpc) is 2.82. The van der Waals surface area contributed by atoms with Crippen molar-refractivity contribution in [1.82, 2.24) is 10.0 Å². The van der Waals surface area contributed by atoms with Gasteiger partial charge in [0.05, 0.1) is 5.75 Å². The van der Waals surface area contributed by atoms with E-state index in [9.17, 15) is 8.42 Å². The fourth-order valence-electron chi connectivity index (χ4n) is 3.20. The van der Waals surface area contributed by atoms with Crippen molar-refractivity contribution in [2.75, 3.05) is 18.8 Å². The van der Waals surface area contributed by atoms with Crippen molar-refractivity contribution in [3.63, 3.8) is 0 Å². The predicted molar refractivity (Wildman–Crippen MR) is 73.9 cm³/mol. The van der Waals surface area contributed by atoms with Gasteiger partial charge in [0.2, 0.25) is 10.0 Å². The molecule has 2 rings (SSSR count). The summed E-state index contributed by atoms with van der Waals surface area (Å²) < 4.78 is 27.1. The molecule has 0 aromatic carbocycles. The maximum atomic E-state index is 12.1. The molecule has 2 N–H and O–H groups in total. The number of sulfonamides is 1. The van der Waals surface area contributed by atoms with Crippen LogP contribution < -0.4 is 10.0 Å². The van der Waals surface area contributed by atoms with E-state index in [1.807, 2.05) is 6.92 Å². The molecule has 2 atom stereocenters. The highest BCUT2D eigenvalue weighted by atomic mass is 32.2. The molecule has 0 radical (unpaired) electrons. The molecule has 0 amide bonds. The number of hydrogen-bond donors (Lipinski definition) is 2. The van der Waals surface area contributed by atoms with Crippen molar-refractivity contribution < 1.29 is 8.42 Å². The topological polar surface area (TPSA) is 58.2 Å². The molecular formula is C13H26N2O2S. The van der Waals surface area contributed by atoms with Crippen molar-refractivity contribution in [3.05, 3.63) is 0 Å². The van der Waals surface area contributed by atoms with Crippen LogP contribution in [0.3, 0.4) is 0 Å². The molecule has 0 spiro atoms. The van der Waals surface area contributed by atoms with E-state index in [-0.39, 0.29) is 6.04 Å². The van der Waals surface area contributed by atoms with Gasteiger partial charge in [-0.25, -0.2) is 13.1 Å². The van der Waals surface area contributed by atoms with Crippen LogP contribution in [0.15, 0.2) is 0 Å². The van der Waals surface area contributed by atoms with E-state index in [2.05, 4.69) is 10.0 Å². The molecule has 4 nitrogen and oxygen atoms in total. The maximum Gasteiger partial charge on any atom is 0.212 e. The molecule has 1 saturated carbocycles. The van der Waals surface area contributed by atoms with Gasteiger partial charge in [-0.3, -0.25) is 0 Å². The molecule has 2 unspecified atom stereocenters. The van der Waals surface area contributed by atoms with Crippen LogP contribution in [0.1, 0.15) is 45.4 Å². The van der Waals surface area contributed by atoms with Crippen molar-refractivity contribution >= 4 is 10.0 Å². The molecule has 1 aliphatic carbocycles. The molecule has 0 aromatic rings. The van der Waals surface area contributed by atoms with Gasteiger partial charge < -0.3 is 5.32 Å². The van der Waals surface area contributed by atoms with Gasteiger partial charge in [0.25, 0.3) is 0 Å². The number of rotatable bonds is 5. The summed E-state index contributed by atoms with van der Waals surface area (Å²) in [6, 6.07) is 0.0635. The second-order valence-electron chi connectivity index (χ2n) is 5.94. The van der Waals surface area contributed by atoms with E-state index >= 15 is 0 Å². The Morgan fingerprint density at radius 3 is 2.56 bits per heavy atom. The standard InChI is InChI=1S/C13H26N2O2S/c1-11(13-7-8-14-9-13)15-18(16,17)10-12-5-3-2-4-6-12/h11-15H,2-10H2,1H3. The number of nitrogens with one attached hydrogen (secondary N) is 2. The number of hydrogen-bond acceptors (Lipinski definition) is 3. The van der Waals surface area contributed by atoms with Crippen molar-refractivity contribution in [3.8, 4) is 0 Å². The van der Waals surface area contributed by atoms with Crippen LogP contribution in [-0.4, -0.2) is 33.3 Å². The minimum atomic E-state index is -3.10. The molecule has 0 aromatic heterocycles. The predicted octanol–water partition coefficient (Wildman–Crippen LogP) is 1.48. The van der Waals surface area contributed by atoms with Gasteiger partial charge in [0.1, 0.15) is 0 Å². The first kappa shape index (κ1) is 14.3. The normalized spacial score (nSPS) is 28.4. The van der Waals surface area contributed by atoms with Crippen LogP contribution in [0.4, 0.5) is 0 Å². The maximum absolute atomic E-state index is 12.1. The highest BCUT2D eigenvalue weighted by molar-refractivity contribution is 7.89. The van der Waals surface area contributed by atoms with Gasteiger partial charge in [-0.15, -0.1) is 0 Å². The molecule has 0 bridgehead atoms. The van der Waals surface area contributed by atoms with E-state index in [1.54, 1.807) is 0 Å². The van der Waals surface area contributed by atoms with Crippen molar-refractivity contribution in [1.29, 1.82) is 0 Å². The first-order valence-corrected chi connectivity index (χ1v) is 8.93. The minimum absolute atomic E-state index is 0.0635. The summed E-state index contributed by atoms with van der Waals surface area (Å²) in [5.74, 6) is 1.16. The zero-order valence-electron chi connectivity index (χ0n) is 11.3. The van der Waals surface area contributed by atoms with Crippen LogP contribution in [0, 0.1) is 11.8 Å². The van der Waals surface area contributed by atoms with Gasteiger partial charge in [0, 0.05) is 6.04 Å². The minimum Gasteiger partial charge on any atom is -0.316 e. The molecule has 1 saturated heterocycles. The Balaban J connectivity index is 1.82. The zero-order chi connectivity index (χ0) is 13.0. The van der Waals surface area contributed by atoms with Crippen molar-refractivity contribution in [2.24, 2.45) is 11.8 Å². The van der Waals surface area contributed by atoms with Gasteiger partial charge >= 0.3 is 0 Å². The Hall–Kier alpha value is -0.130. The molecule has 18 heavy (non-hydrogen) atoms. The summed E-state index contributed by atoms with van der Waals surface area (Å²) >= 11 is 0. The van der Waals surface area contributed by atoms with Crippen molar-refractivity contribution in [2.45, 2.75) is 51.5 Å². The highest BCUT2D eigenvalue weighted by Gasteiger charge is 2.27. The fraction of sp³-hybridized carbons (Fsp3) is 1.00. The summed E-state index contributed by atoms with van der Waals surface area (Å²) in [6.07, 6.45) is 6.91. The lowest BCUT2D eigenvalue weighted by molar-refractivity contribution is 0.380. The fourth-order valence-corrected chi connectivity index (χ4v) is 5.00. The lowest BCUT2D eigenvalue weighted by atomic mass is 9.91. The first-order chi connectivity index (χ1) is 8.57. The molecule has 2 aliphatic rings. The van der Waals surface area contributed by atoms with Gasteiger partial charge in [-0.05, 0) is 51.1 Å². The molecule has 106 valence electrons.